The maximum Gasteiger partial charge on any atom is 0.349 e. The summed E-state index contributed by atoms with van der Waals surface area (Å²) < 4.78 is 21.4. The molecule has 3 aromatic carbocycles. The van der Waals surface area contributed by atoms with Gasteiger partial charge in [0.05, 0.1) is 18.1 Å². The molecule has 4 aromatic rings. The van der Waals surface area contributed by atoms with Gasteiger partial charge in [0.2, 0.25) is 0 Å². The lowest BCUT2D eigenvalue weighted by Gasteiger charge is -2.08. The molecule has 0 bridgehead atoms. The van der Waals surface area contributed by atoms with Crippen molar-refractivity contribution in [3.05, 3.63) is 89.3 Å². The first-order chi connectivity index (χ1) is 14.6. The van der Waals surface area contributed by atoms with Gasteiger partial charge in [-0.25, -0.2) is 4.79 Å². The van der Waals surface area contributed by atoms with Crippen LogP contribution >= 0.6 is 0 Å². The Hall–Kier alpha value is -4.06. The average molecular weight is 402 g/mol. The minimum Gasteiger partial charge on any atom is -0.497 e. The van der Waals surface area contributed by atoms with Gasteiger partial charge in [-0.3, -0.25) is 4.79 Å². The Kier molecular flexibility index (Phi) is 5.48. The van der Waals surface area contributed by atoms with Crippen molar-refractivity contribution in [3.8, 4) is 28.4 Å². The Morgan fingerprint density at radius 3 is 2.37 bits per heavy atom. The van der Waals surface area contributed by atoms with Gasteiger partial charge in [-0.2, -0.15) is 0 Å². The summed E-state index contributed by atoms with van der Waals surface area (Å²) >= 11 is 0. The molecule has 150 valence electrons. The van der Waals surface area contributed by atoms with Crippen LogP contribution in [0.2, 0.25) is 0 Å². The maximum atomic E-state index is 12.9. The Labute approximate surface area is 172 Å². The van der Waals surface area contributed by atoms with E-state index in [0.29, 0.717) is 28.0 Å². The van der Waals surface area contributed by atoms with E-state index < -0.39 is 5.97 Å². The fourth-order valence-corrected chi connectivity index (χ4v) is 2.96. The van der Waals surface area contributed by atoms with Crippen molar-refractivity contribution >= 4 is 16.9 Å². The third-order valence-electron chi connectivity index (χ3n) is 4.48. The number of hydrogen-bond donors (Lipinski definition) is 0. The van der Waals surface area contributed by atoms with Gasteiger partial charge >= 0.3 is 5.97 Å². The van der Waals surface area contributed by atoms with Gasteiger partial charge in [0, 0.05) is 6.07 Å². The van der Waals surface area contributed by atoms with Crippen LogP contribution < -0.4 is 19.6 Å². The number of carbonyl (C=O) groups excluding carboxylic acids is 1. The normalized spacial score (nSPS) is 10.6. The number of hydrogen-bond acceptors (Lipinski definition) is 6. The fraction of sp³-hybridized carbons (Fsp3) is 0.0833. The molecule has 1 heterocycles. The van der Waals surface area contributed by atoms with E-state index in [2.05, 4.69) is 0 Å². The molecule has 0 amide bonds. The minimum absolute atomic E-state index is 0.174. The summed E-state index contributed by atoms with van der Waals surface area (Å²) in [6.45, 7) is -0.234. The lowest BCUT2D eigenvalue weighted by atomic mass is 10.1. The van der Waals surface area contributed by atoms with Crippen LogP contribution in [-0.2, 0) is 4.79 Å². The fourth-order valence-electron chi connectivity index (χ4n) is 2.96. The molecule has 0 spiro atoms. The average Bonchev–Trinajstić information content (AvgIpc) is 2.79. The van der Waals surface area contributed by atoms with Gasteiger partial charge in [0.15, 0.2) is 12.0 Å². The first-order valence-corrected chi connectivity index (χ1v) is 9.22. The van der Waals surface area contributed by atoms with Gasteiger partial charge in [-0.05, 0) is 42.0 Å². The number of carbonyl (C=O) groups is 1. The maximum absolute atomic E-state index is 12.9. The van der Waals surface area contributed by atoms with E-state index in [-0.39, 0.29) is 17.8 Å². The SMILES string of the molecule is COc1ccc(-c2coc3cc(OC(=O)COc4ccccc4)ccc3c2=O)cc1. The summed E-state index contributed by atoms with van der Waals surface area (Å²) in [5.74, 6) is 0.983. The van der Waals surface area contributed by atoms with Crippen LogP contribution in [0.1, 0.15) is 0 Å². The number of methoxy groups -OCH3 is 1. The zero-order chi connectivity index (χ0) is 20.9. The largest absolute Gasteiger partial charge is 0.497 e. The number of esters is 1. The van der Waals surface area contributed by atoms with E-state index in [9.17, 15) is 9.59 Å². The van der Waals surface area contributed by atoms with Crippen LogP contribution in [0.15, 0.2) is 88.3 Å². The lowest BCUT2D eigenvalue weighted by molar-refractivity contribution is -0.136. The molecule has 0 N–H and O–H groups in total. The van der Waals surface area contributed by atoms with Gasteiger partial charge in [-0.1, -0.05) is 30.3 Å². The van der Waals surface area contributed by atoms with Crippen LogP contribution in [0, 0.1) is 0 Å². The second kappa shape index (κ2) is 8.53. The van der Waals surface area contributed by atoms with Crippen molar-refractivity contribution in [2.45, 2.75) is 0 Å². The first kappa shape index (κ1) is 19.3. The van der Waals surface area contributed by atoms with E-state index in [1.807, 2.05) is 18.2 Å². The molecular formula is C24H18O6. The molecule has 0 unspecified atom stereocenters. The molecular weight excluding hydrogens is 384 g/mol. The van der Waals surface area contributed by atoms with E-state index in [1.165, 1.54) is 12.3 Å². The highest BCUT2D eigenvalue weighted by molar-refractivity contribution is 5.83. The monoisotopic (exact) mass is 402 g/mol. The molecule has 0 atom stereocenters. The summed E-state index contributed by atoms with van der Waals surface area (Å²) in [7, 11) is 1.58. The molecule has 0 fully saturated rings. The quantitative estimate of drug-likeness (QED) is 0.350. The van der Waals surface area contributed by atoms with Crippen molar-refractivity contribution in [2.75, 3.05) is 13.7 Å². The highest BCUT2D eigenvalue weighted by Crippen LogP contribution is 2.24. The molecule has 0 aliphatic rings. The molecule has 0 aliphatic heterocycles. The summed E-state index contributed by atoms with van der Waals surface area (Å²) in [6, 6.07) is 20.8. The number of ether oxygens (including phenoxy) is 3. The topological polar surface area (TPSA) is 75.0 Å². The Morgan fingerprint density at radius 2 is 1.63 bits per heavy atom. The Morgan fingerprint density at radius 1 is 0.900 bits per heavy atom. The predicted molar refractivity (Wildman–Crippen MR) is 112 cm³/mol. The van der Waals surface area contributed by atoms with Crippen molar-refractivity contribution in [1.29, 1.82) is 0 Å². The van der Waals surface area contributed by atoms with Crippen LogP contribution in [0.5, 0.6) is 17.2 Å². The standard InChI is InChI=1S/C24H18O6/c1-27-17-9-7-16(8-10-17)21-14-29-22-13-19(11-12-20(22)24(21)26)30-23(25)15-28-18-5-3-2-4-6-18/h2-14H,15H2,1H3. The van der Waals surface area contributed by atoms with Crippen LogP contribution in [0.25, 0.3) is 22.1 Å². The number of fused-ring (bicyclic) bond motifs is 1. The van der Waals surface area contributed by atoms with E-state index in [4.69, 9.17) is 18.6 Å². The molecule has 4 rings (SSSR count). The highest BCUT2D eigenvalue weighted by atomic mass is 16.6. The Balaban J connectivity index is 1.51. The second-order valence-corrected chi connectivity index (χ2v) is 6.44. The molecule has 30 heavy (non-hydrogen) atoms. The molecule has 6 nitrogen and oxygen atoms in total. The van der Waals surface area contributed by atoms with Crippen LogP contribution in [0.3, 0.4) is 0 Å². The Bertz CT molecular complexity index is 1230. The first-order valence-electron chi connectivity index (χ1n) is 9.22. The molecule has 1 aromatic heterocycles. The smallest absolute Gasteiger partial charge is 0.349 e. The third-order valence-corrected chi connectivity index (χ3v) is 4.48. The molecule has 0 aliphatic carbocycles. The van der Waals surface area contributed by atoms with E-state index in [1.54, 1.807) is 55.6 Å². The van der Waals surface area contributed by atoms with Gasteiger partial charge in [0.25, 0.3) is 0 Å². The summed E-state index contributed by atoms with van der Waals surface area (Å²) in [4.78, 5) is 24.9. The summed E-state index contributed by atoms with van der Waals surface area (Å²) in [6.07, 6.45) is 1.40. The predicted octanol–water partition coefficient (Wildman–Crippen LogP) is 4.45. The van der Waals surface area contributed by atoms with Crippen molar-refractivity contribution < 1.29 is 23.4 Å². The van der Waals surface area contributed by atoms with Crippen LogP contribution in [-0.4, -0.2) is 19.7 Å². The number of benzene rings is 3. The van der Waals surface area contributed by atoms with Crippen LogP contribution in [0.4, 0.5) is 0 Å². The molecule has 6 heteroatoms. The molecule has 0 saturated heterocycles. The van der Waals surface area contributed by atoms with Gasteiger partial charge in [0.1, 0.15) is 29.1 Å². The second-order valence-electron chi connectivity index (χ2n) is 6.44. The molecule has 0 saturated carbocycles. The number of rotatable bonds is 6. The minimum atomic E-state index is -0.560. The molecule has 0 radical (unpaired) electrons. The third kappa shape index (κ3) is 4.17. The van der Waals surface area contributed by atoms with Crippen molar-refractivity contribution in [3.63, 3.8) is 0 Å². The van der Waals surface area contributed by atoms with Crippen molar-refractivity contribution in [1.82, 2.24) is 0 Å². The number of para-hydroxylation sites is 1. The van der Waals surface area contributed by atoms with E-state index in [0.717, 1.165) is 5.56 Å². The van der Waals surface area contributed by atoms with Gasteiger partial charge in [-0.15, -0.1) is 0 Å². The highest BCUT2D eigenvalue weighted by Gasteiger charge is 2.12. The van der Waals surface area contributed by atoms with Gasteiger partial charge < -0.3 is 18.6 Å². The zero-order valence-corrected chi connectivity index (χ0v) is 16.2. The van der Waals surface area contributed by atoms with E-state index >= 15 is 0 Å². The van der Waals surface area contributed by atoms with Crippen molar-refractivity contribution in [2.24, 2.45) is 0 Å². The zero-order valence-electron chi connectivity index (χ0n) is 16.2. The lowest BCUT2D eigenvalue weighted by Crippen LogP contribution is -2.17. The summed E-state index contributed by atoms with van der Waals surface area (Å²) in [5.41, 5.74) is 1.31. The summed E-state index contributed by atoms with van der Waals surface area (Å²) in [5, 5.41) is 0.392.